The molecule has 0 spiro atoms. The van der Waals surface area contributed by atoms with E-state index in [0.717, 1.165) is 22.5 Å². The molecule has 0 atom stereocenters. The second-order valence-corrected chi connectivity index (χ2v) is 4.50. The SMILES string of the molecule is Cc1cc(-c2cc(F)cc(F)c2)nc2ccccc12. The standard InChI is InChI=1S/C16H11F2N/c1-10-6-16(11-7-12(17)9-13(18)8-11)19-15-5-3-2-4-14(10)15/h2-9H,1H3. The Morgan fingerprint density at radius 2 is 1.58 bits per heavy atom. The van der Waals surface area contributed by atoms with Crippen molar-refractivity contribution in [2.75, 3.05) is 0 Å². The molecule has 0 fully saturated rings. The van der Waals surface area contributed by atoms with Gasteiger partial charge in [0.15, 0.2) is 0 Å². The number of aromatic nitrogens is 1. The van der Waals surface area contributed by atoms with Crippen LogP contribution in [0.5, 0.6) is 0 Å². The molecule has 3 heteroatoms. The number of nitrogens with zero attached hydrogens (tertiary/aromatic N) is 1. The third-order valence-electron chi connectivity index (χ3n) is 3.08. The maximum Gasteiger partial charge on any atom is 0.126 e. The predicted molar refractivity (Wildman–Crippen MR) is 71.8 cm³/mol. The highest BCUT2D eigenvalue weighted by atomic mass is 19.1. The molecule has 2 aromatic carbocycles. The summed E-state index contributed by atoms with van der Waals surface area (Å²) in [4.78, 5) is 4.46. The topological polar surface area (TPSA) is 12.9 Å². The Bertz CT molecular complexity index is 746. The van der Waals surface area contributed by atoms with E-state index in [1.807, 2.05) is 37.3 Å². The quantitative estimate of drug-likeness (QED) is 0.624. The summed E-state index contributed by atoms with van der Waals surface area (Å²) in [6.07, 6.45) is 0. The number of hydrogen-bond donors (Lipinski definition) is 0. The first-order chi connectivity index (χ1) is 9.13. The average molecular weight is 255 g/mol. The Morgan fingerprint density at radius 3 is 2.32 bits per heavy atom. The van der Waals surface area contributed by atoms with Crippen molar-refractivity contribution in [1.29, 1.82) is 0 Å². The molecule has 1 nitrogen and oxygen atoms in total. The summed E-state index contributed by atoms with van der Waals surface area (Å²) in [5.74, 6) is -1.19. The lowest BCUT2D eigenvalue weighted by Crippen LogP contribution is -1.90. The van der Waals surface area contributed by atoms with Crippen molar-refractivity contribution in [3.63, 3.8) is 0 Å². The highest BCUT2D eigenvalue weighted by molar-refractivity contribution is 5.84. The summed E-state index contributed by atoms with van der Waals surface area (Å²) in [6.45, 7) is 1.96. The molecule has 3 rings (SSSR count). The van der Waals surface area contributed by atoms with Gasteiger partial charge in [0.25, 0.3) is 0 Å². The minimum atomic E-state index is -0.595. The summed E-state index contributed by atoms with van der Waals surface area (Å²) < 4.78 is 26.5. The van der Waals surface area contributed by atoms with Gasteiger partial charge in [-0.1, -0.05) is 18.2 Å². The normalized spacial score (nSPS) is 10.9. The van der Waals surface area contributed by atoms with Crippen LogP contribution in [0, 0.1) is 18.6 Å². The van der Waals surface area contributed by atoms with Crippen molar-refractivity contribution < 1.29 is 8.78 Å². The van der Waals surface area contributed by atoms with E-state index in [-0.39, 0.29) is 0 Å². The van der Waals surface area contributed by atoms with Crippen LogP contribution in [0.25, 0.3) is 22.2 Å². The molecule has 3 aromatic rings. The Labute approximate surface area is 109 Å². The van der Waals surface area contributed by atoms with Crippen LogP contribution in [0.15, 0.2) is 48.5 Å². The number of hydrogen-bond acceptors (Lipinski definition) is 1. The Hall–Kier alpha value is -2.29. The number of halogens is 2. The van der Waals surface area contributed by atoms with Gasteiger partial charge in [0.05, 0.1) is 11.2 Å². The first-order valence-electron chi connectivity index (χ1n) is 5.96. The summed E-state index contributed by atoms with van der Waals surface area (Å²) in [5.41, 5.74) is 2.88. The molecule has 94 valence electrons. The first kappa shape index (κ1) is 11.8. The maximum absolute atomic E-state index is 13.3. The van der Waals surface area contributed by atoms with E-state index in [4.69, 9.17) is 0 Å². The van der Waals surface area contributed by atoms with Crippen molar-refractivity contribution in [2.45, 2.75) is 6.92 Å². The van der Waals surface area contributed by atoms with Crippen molar-refractivity contribution in [3.05, 3.63) is 65.7 Å². The lowest BCUT2D eigenvalue weighted by molar-refractivity contribution is 0.584. The van der Waals surface area contributed by atoms with Crippen LogP contribution in [-0.4, -0.2) is 4.98 Å². The van der Waals surface area contributed by atoms with Gasteiger partial charge in [0, 0.05) is 17.0 Å². The zero-order valence-electron chi connectivity index (χ0n) is 10.3. The lowest BCUT2D eigenvalue weighted by atomic mass is 10.0. The number of rotatable bonds is 1. The molecule has 0 bridgehead atoms. The minimum absolute atomic E-state index is 0.450. The van der Waals surface area contributed by atoms with Gasteiger partial charge in [0.2, 0.25) is 0 Å². The van der Waals surface area contributed by atoms with Gasteiger partial charge in [-0.15, -0.1) is 0 Å². The van der Waals surface area contributed by atoms with Gasteiger partial charge < -0.3 is 0 Å². The molecule has 1 aromatic heterocycles. The summed E-state index contributed by atoms with van der Waals surface area (Å²) in [7, 11) is 0. The minimum Gasteiger partial charge on any atom is -0.248 e. The van der Waals surface area contributed by atoms with E-state index in [9.17, 15) is 8.78 Å². The molecule has 0 radical (unpaired) electrons. The van der Waals surface area contributed by atoms with Gasteiger partial charge in [-0.05, 0) is 36.8 Å². The van der Waals surface area contributed by atoms with E-state index in [0.29, 0.717) is 11.3 Å². The molecular formula is C16H11F2N. The predicted octanol–water partition coefficient (Wildman–Crippen LogP) is 4.49. The van der Waals surface area contributed by atoms with Gasteiger partial charge in [-0.25, -0.2) is 13.8 Å². The molecule has 1 heterocycles. The van der Waals surface area contributed by atoms with Gasteiger partial charge in [0.1, 0.15) is 11.6 Å². The molecular weight excluding hydrogens is 244 g/mol. The molecule has 0 unspecified atom stereocenters. The molecule has 19 heavy (non-hydrogen) atoms. The summed E-state index contributed by atoms with van der Waals surface area (Å²) in [6, 6.07) is 13.0. The highest BCUT2D eigenvalue weighted by Crippen LogP contribution is 2.25. The average Bonchev–Trinajstić information content (AvgIpc) is 2.37. The Morgan fingerprint density at radius 1 is 0.895 bits per heavy atom. The van der Waals surface area contributed by atoms with Crippen molar-refractivity contribution >= 4 is 10.9 Å². The third kappa shape index (κ3) is 2.19. The van der Waals surface area contributed by atoms with E-state index in [2.05, 4.69) is 4.98 Å². The lowest BCUT2D eigenvalue weighted by Gasteiger charge is -2.07. The first-order valence-corrected chi connectivity index (χ1v) is 5.96. The zero-order chi connectivity index (χ0) is 13.4. The number of benzene rings is 2. The molecule has 0 saturated heterocycles. The van der Waals surface area contributed by atoms with Crippen LogP contribution in [0.2, 0.25) is 0 Å². The van der Waals surface area contributed by atoms with Crippen LogP contribution in [-0.2, 0) is 0 Å². The Kier molecular flexibility index (Phi) is 2.75. The summed E-state index contributed by atoms with van der Waals surface area (Å²) in [5, 5.41) is 1.04. The third-order valence-corrected chi connectivity index (χ3v) is 3.08. The van der Waals surface area contributed by atoms with Crippen molar-refractivity contribution in [1.82, 2.24) is 4.98 Å². The molecule has 0 aliphatic heterocycles. The fourth-order valence-electron chi connectivity index (χ4n) is 2.20. The van der Waals surface area contributed by atoms with E-state index in [1.165, 1.54) is 12.1 Å². The molecule has 0 saturated carbocycles. The smallest absolute Gasteiger partial charge is 0.126 e. The number of fused-ring (bicyclic) bond motifs is 1. The van der Waals surface area contributed by atoms with E-state index >= 15 is 0 Å². The second kappa shape index (κ2) is 4.43. The van der Waals surface area contributed by atoms with E-state index < -0.39 is 11.6 Å². The summed E-state index contributed by atoms with van der Waals surface area (Å²) >= 11 is 0. The zero-order valence-corrected chi connectivity index (χ0v) is 10.3. The van der Waals surface area contributed by atoms with Gasteiger partial charge in [-0.3, -0.25) is 0 Å². The number of para-hydroxylation sites is 1. The number of aryl methyl sites for hydroxylation is 1. The fourth-order valence-corrected chi connectivity index (χ4v) is 2.20. The maximum atomic E-state index is 13.3. The monoisotopic (exact) mass is 255 g/mol. The van der Waals surface area contributed by atoms with Gasteiger partial charge in [-0.2, -0.15) is 0 Å². The van der Waals surface area contributed by atoms with Crippen LogP contribution < -0.4 is 0 Å². The van der Waals surface area contributed by atoms with Crippen LogP contribution in [0.3, 0.4) is 0 Å². The van der Waals surface area contributed by atoms with Gasteiger partial charge >= 0.3 is 0 Å². The molecule has 0 amide bonds. The fraction of sp³-hybridized carbons (Fsp3) is 0.0625. The second-order valence-electron chi connectivity index (χ2n) is 4.50. The van der Waals surface area contributed by atoms with Crippen LogP contribution in [0.4, 0.5) is 8.78 Å². The largest absolute Gasteiger partial charge is 0.248 e. The Balaban J connectivity index is 2.25. The number of pyridine rings is 1. The molecule has 0 aliphatic rings. The van der Waals surface area contributed by atoms with Crippen LogP contribution >= 0.6 is 0 Å². The molecule has 0 N–H and O–H groups in total. The van der Waals surface area contributed by atoms with Crippen molar-refractivity contribution in [2.24, 2.45) is 0 Å². The van der Waals surface area contributed by atoms with E-state index in [1.54, 1.807) is 0 Å². The van der Waals surface area contributed by atoms with Crippen molar-refractivity contribution in [3.8, 4) is 11.3 Å². The molecule has 0 aliphatic carbocycles. The highest BCUT2D eigenvalue weighted by Gasteiger charge is 2.07. The van der Waals surface area contributed by atoms with Crippen LogP contribution in [0.1, 0.15) is 5.56 Å².